The molecule has 0 aromatic heterocycles. The topological polar surface area (TPSA) is 58.2 Å². The first-order valence-electron chi connectivity index (χ1n) is 17.2. The zero-order valence-electron chi connectivity index (χ0n) is 26.2. The van der Waals surface area contributed by atoms with Crippen LogP contribution in [0.25, 0.3) is 0 Å². The maximum Gasteiger partial charge on any atom is 0.221 e. The predicted octanol–water partition coefficient (Wildman–Crippen LogP) is 10.5. The highest BCUT2D eigenvalue weighted by Crippen LogP contribution is 2.14. The molecule has 38 heavy (non-hydrogen) atoms. The van der Waals surface area contributed by atoms with Crippen LogP contribution >= 0.6 is 0 Å². The number of carbonyl (C=O) groups is 2. The Bertz CT molecular complexity index is 465. The van der Waals surface area contributed by atoms with Crippen LogP contribution < -0.4 is 10.6 Å². The van der Waals surface area contributed by atoms with E-state index in [0.29, 0.717) is 12.8 Å². The summed E-state index contributed by atoms with van der Waals surface area (Å²) in [6, 6.07) is 0. The molecule has 4 nitrogen and oxygen atoms in total. The Hall–Kier alpha value is -1.06. The second kappa shape index (κ2) is 30.5. The van der Waals surface area contributed by atoms with Crippen LogP contribution in [0.15, 0.2) is 0 Å². The predicted molar refractivity (Wildman–Crippen MR) is 166 cm³/mol. The molecular formula is C34H68N2O2. The lowest BCUT2D eigenvalue weighted by atomic mass is 10.0. The molecule has 0 radical (unpaired) electrons. The van der Waals surface area contributed by atoms with Gasteiger partial charge in [0.15, 0.2) is 0 Å². The Labute approximate surface area is 238 Å². The van der Waals surface area contributed by atoms with E-state index in [1.807, 2.05) is 6.92 Å². The molecule has 0 fully saturated rings. The van der Waals surface area contributed by atoms with Crippen molar-refractivity contribution in [2.24, 2.45) is 0 Å². The Morgan fingerprint density at radius 3 is 0.842 bits per heavy atom. The zero-order chi connectivity index (χ0) is 27.9. The van der Waals surface area contributed by atoms with Crippen LogP contribution in [0.1, 0.15) is 201 Å². The van der Waals surface area contributed by atoms with Crippen molar-refractivity contribution >= 4 is 11.8 Å². The van der Waals surface area contributed by atoms with Crippen molar-refractivity contribution in [2.45, 2.75) is 207 Å². The highest BCUT2D eigenvalue weighted by molar-refractivity contribution is 5.79. The second-order valence-corrected chi connectivity index (χ2v) is 11.8. The summed E-state index contributed by atoms with van der Waals surface area (Å²) < 4.78 is 0. The second-order valence-electron chi connectivity index (χ2n) is 11.8. The van der Waals surface area contributed by atoms with E-state index < -0.39 is 0 Å². The summed E-state index contributed by atoms with van der Waals surface area (Å²) in [5.41, 5.74) is 0. The number of amides is 2. The summed E-state index contributed by atoms with van der Waals surface area (Å²) in [7, 11) is 0. The molecule has 0 rings (SSSR count). The Morgan fingerprint density at radius 2 is 0.605 bits per heavy atom. The van der Waals surface area contributed by atoms with E-state index in [2.05, 4.69) is 24.5 Å². The van der Waals surface area contributed by atoms with Gasteiger partial charge in [0.2, 0.25) is 11.8 Å². The largest absolute Gasteiger partial charge is 0.336 e. The first kappa shape index (κ1) is 36.9. The number of nitrogens with one attached hydrogen (secondary N) is 2. The standard InChI is InChI=1S/C34H68N2O2/c1-4-6-8-10-12-14-16-18-20-22-24-26-28-30-33(37)35-32(3)36-34(38)31-29-27-25-23-21-19-17-15-13-11-9-7-5-2/h32H,4-31H2,1-3H3,(H,35,37)(H,36,38). The molecule has 2 N–H and O–H groups in total. The summed E-state index contributed by atoms with van der Waals surface area (Å²) in [6.45, 7) is 6.41. The van der Waals surface area contributed by atoms with Crippen LogP contribution in [0.5, 0.6) is 0 Å². The van der Waals surface area contributed by atoms with Crippen molar-refractivity contribution in [1.82, 2.24) is 10.6 Å². The molecule has 0 spiro atoms. The fourth-order valence-electron chi connectivity index (χ4n) is 5.27. The fourth-order valence-corrected chi connectivity index (χ4v) is 5.27. The van der Waals surface area contributed by atoms with Gasteiger partial charge < -0.3 is 10.6 Å². The van der Waals surface area contributed by atoms with E-state index in [1.165, 1.54) is 141 Å². The van der Waals surface area contributed by atoms with Gasteiger partial charge in [0, 0.05) is 12.8 Å². The summed E-state index contributed by atoms with van der Waals surface area (Å²) >= 11 is 0. The van der Waals surface area contributed by atoms with Crippen molar-refractivity contribution in [3.8, 4) is 0 Å². The Balaban J connectivity index is 3.42. The van der Waals surface area contributed by atoms with Crippen LogP contribution in [-0.2, 0) is 9.59 Å². The maximum absolute atomic E-state index is 12.2. The minimum Gasteiger partial charge on any atom is -0.336 e. The van der Waals surface area contributed by atoms with E-state index >= 15 is 0 Å². The molecule has 0 heterocycles. The molecule has 0 saturated carbocycles. The number of hydrogen-bond donors (Lipinski definition) is 2. The minimum absolute atomic E-state index is 0.0573. The van der Waals surface area contributed by atoms with E-state index in [0.717, 1.165) is 25.7 Å². The Kier molecular flexibility index (Phi) is 29.6. The maximum atomic E-state index is 12.2. The van der Waals surface area contributed by atoms with Gasteiger partial charge >= 0.3 is 0 Å². The molecule has 4 heteroatoms. The van der Waals surface area contributed by atoms with Gasteiger partial charge in [0.1, 0.15) is 0 Å². The molecule has 0 bridgehead atoms. The molecule has 0 unspecified atom stereocenters. The highest BCUT2D eigenvalue weighted by Gasteiger charge is 2.10. The van der Waals surface area contributed by atoms with Crippen LogP contribution in [0.3, 0.4) is 0 Å². The molecule has 2 amide bonds. The lowest BCUT2D eigenvalue weighted by Gasteiger charge is -2.16. The van der Waals surface area contributed by atoms with Crippen LogP contribution in [0.4, 0.5) is 0 Å². The first-order valence-corrected chi connectivity index (χ1v) is 17.2. The van der Waals surface area contributed by atoms with Crippen LogP contribution in [-0.4, -0.2) is 18.0 Å². The number of unbranched alkanes of at least 4 members (excludes halogenated alkanes) is 24. The summed E-state index contributed by atoms with van der Waals surface area (Å²) in [4.78, 5) is 24.3. The third-order valence-electron chi connectivity index (χ3n) is 7.77. The minimum atomic E-state index is -0.279. The van der Waals surface area contributed by atoms with E-state index in [1.54, 1.807) is 0 Å². The van der Waals surface area contributed by atoms with Crippen molar-refractivity contribution < 1.29 is 9.59 Å². The molecule has 226 valence electrons. The van der Waals surface area contributed by atoms with Gasteiger partial charge in [0.05, 0.1) is 6.17 Å². The number of rotatable bonds is 30. The van der Waals surface area contributed by atoms with E-state index in [4.69, 9.17) is 0 Å². The van der Waals surface area contributed by atoms with Crippen molar-refractivity contribution in [3.63, 3.8) is 0 Å². The summed E-state index contributed by atoms with van der Waals surface area (Å²) in [6.07, 6.45) is 35.0. The van der Waals surface area contributed by atoms with Gasteiger partial charge in [-0.25, -0.2) is 0 Å². The molecule has 0 aromatic rings. The summed E-state index contributed by atoms with van der Waals surface area (Å²) in [5.74, 6) is 0.115. The van der Waals surface area contributed by atoms with Gasteiger partial charge in [-0.1, -0.05) is 168 Å². The highest BCUT2D eigenvalue weighted by atomic mass is 16.2. The van der Waals surface area contributed by atoms with Gasteiger partial charge in [0.25, 0.3) is 0 Å². The van der Waals surface area contributed by atoms with E-state index in [9.17, 15) is 9.59 Å². The summed E-state index contributed by atoms with van der Waals surface area (Å²) in [5, 5.41) is 5.86. The fraction of sp³-hybridized carbons (Fsp3) is 0.941. The monoisotopic (exact) mass is 537 g/mol. The van der Waals surface area contributed by atoms with Crippen molar-refractivity contribution in [3.05, 3.63) is 0 Å². The normalized spacial score (nSPS) is 11.3. The molecular weight excluding hydrogens is 468 g/mol. The third-order valence-corrected chi connectivity index (χ3v) is 7.77. The third kappa shape index (κ3) is 29.5. The zero-order valence-corrected chi connectivity index (χ0v) is 26.2. The van der Waals surface area contributed by atoms with Gasteiger partial charge in [-0.2, -0.15) is 0 Å². The molecule has 0 aliphatic heterocycles. The number of carbonyl (C=O) groups excluding carboxylic acids is 2. The lowest BCUT2D eigenvalue weighted by Crippen LogP contribution is -2.45. The van der Waals surface area contributed by atoms with Gasteiger partial charge in [-0.05, 0) is 19.8 Å². The molecule has 0 aliphatic carbocycles. The molecule has 0 aromatic carbocycles. The van der Waals surface area contributed by atoms with Gasteiger partial charge in [-0.3, -0.25) is 9.59 Å². The Morgan fingerprint density at radius 1 is 0.395 bits per heavy atom. The van der Waals surface area contributed by atoms with Crippen LogP contribution in [0.2, 0.25) is 0 Å². The van der Waals surface area contributed by atoms with Crippen molar-refractivity contribution in [2.75, 3.05) is 0 Å². The molecule has 0 atom stereocenters. The number of hydrogen-bond acceptors (Lipinski definition) is 2. The smallest absolute Gasteiger partial charge is 0.221 e. The quantitative estimate of drug-likeness (QED) is 0.0708. The average molecular weight is 537 g/mol. The van der Waals surface area contributed by atoms with E-state index in [-0.39, 0.29) is 18.0 Å². The van der Waals surface area contributed by atoms with Gasteiger partial charge in [-0.15, -0.1) is 0 Å². The van der Waals surface area contributed by atoms with Crippen molar-refractivity contribution in [1.29, 1.82) is 0 Å². The first-order chi connectivity index (χ1) is 18.6. The lowest BCUT2D eigenvalue weighted by molar-refractivity contribution is -0.124. The average Bonchev–Trinajstić information content (AvgIpc) is 2.89. The SMILES string of the molecule is CCCCCCCCCCCCCCCC(=O)NC(C)NC(=O)CCCCCCCCCCCCCCC. The van der Waals surface area contributed by atoms with Crippen LogP contribution in [0, 0.1) is 0 Å². The molecule has 0 aliphatic rings. The molecule has 0 saturated heterocycles.